The highest BCUT2D eigenvalue weighted by molar-refractivity contribution is 6.31. The largest absolute Gasteiger partial charge is 0.506 e. The van der Waals surface area contributed by atoms with Gasteiger partial charge in [-0.2, -0.15) is 18.3 Å². The lowest BCUT2D eigenvalue weighted by Crippen LogP contribution is -2.25. The van der Waals surface area contributed by atoms with Gasteiger partial charge in [-0.15, -0.1) is 0 Å². The number of carbonyl (C=O) groups is 1. The van der Waals surface area contributed by atoms with Gasteiger partial charge in [-0.25, -0.2) is 0 Å². The Bertz CT molecular complexity index is 743. The van der Waals surface area contributed by atoms with Gasteiger partial charge in [-0.3, -0.25) is 9.48 Å². The van der Waals surface area contributed by atoms with Crippen LogP contribution in [-0.4, -0.2) is 20.8 Å². The Kier molecular flexibility index (Phi) is 4.56. The van der Waals surface area contributed by atoms with Gasteiger partial charge in [0.1, 0.15) is 11.8 Å². The molecule has 1 aromatic carbocycles. The van der Waals surface area contributed by atoms with Gasteiger partial charge in [-0.05, 0) is 38.1 Å². The van der Waals surface area contributed by atoms with Crippen molar-refractivity contribution >= 4 is 23.2 Å². The highest BCUT2D eigenvalue weighted by atomic mass is 35.5. The molecule has 9 heteroatoms. The lowest BCUT2D eigenvalue weighted by molar-refractivity contribution is -0.141. The first kappa shape index (κ1) is 17.1. The molecule has 0 aliphatic rings. The van der Waals surface area contributed by atoms with Crippen molar-refractivity contribution in [1.82, 2.24) is 9.78 Å². The number of anilines is 1. The van der Waals surface area contributed by atoms with Gasteiger partial charge in [0.2, 0.25) is 5.91 Å². The zero-order valence-electron chi connectivity index (χ0n) is 12.1. The Morgan fingerprint density at radius 2 is 2.04 bits per heavy atom. The van der Waals surface area contributed by atoms with Crippen LogP contribution in [-0.2, 0) is 11.0 Å². The number of benzene rings is 1. The fraction of sp³-hybridized carbons (Fsp3) is 0.286. The summed E-state index contributed by atoms with van der Waals surface area (Å²) < 4.78 is 39.0. The molecule has 1 unspecified atom stereocenters. The molecule has 1 atom stereocenters. The third kappa shape index (κ3) is 3.76. The van der Waals surface area contributed by atoms with Gasteiger partial charge in [-0.1, -0.05) is 11.6 Å². The lowest BCUT2D eigenvalue weighted by atomic mass is 10.2. The summed E-state index contributed by atoms with van der Waals surface area (Å²) in [6.07, 6.45) is -4.59. The Balaban J connectivity index is 2.23. The number of aromatic hydroxyl groups is 1. The van der Waals surface area contributed by atoms with Crippen LogP contribution in [0.25, 0.3) is 0 Å². The van der Waals surface area contributed by atoms with Gasteiger partial charge in [0.15, 0.2) is 5.69 Å². The molecule has 124 valence electrons. The number of phenols is 1. The van der Waals surface area contributed by atoms with Crippen LogP contribution >= 0.6 is 11.6 Å². The van der Waals surface area contributed by atoms with E-state index in [9.17, 15) is 23.1 Å². The predicted molar refractivity (Wildman–Crippen MR) is 78.4 cm³/mol. The monoisotopic (exact) mass is 347 g/mol. The van der Waals surface area contributed by atoms with Crippen LogP contribution in [0.3, 0.4) is 0 Å². The maximum absolute atomic E-state index is 12.7. The molecule has 2 N–H and O–H groups in total. The van der Waals surface area contributed by atoms with Gasteiger partial charge in [0.25, 0.3) is 0 Å². The summed E-state index contributed by atoms with van der Waals surface area (Å²) in [6, 6.07) is 3.91. The third-order valence-electron chi connectivity index (χ3n) is 3.18. The Hall–Kier alpha value is -2.22. The number of phenolic OH excluding ortho intramolecular Hbond substituents is 1. The van der Waals surface area contributed by atoms with Crippen molar-refractivity contribution in [2.45, 2.75) is 26.1 Å². The molecule has 0 fully saturated rings. The number of nitrogens with one attached hydrogen (secondary N) is 1. The summed E-state index contributed by atoms with van der Waals surface area (Å²) >= 11 is 5.77. The quantitative estimate of drug-likeness (QED) is 0.830. The van der Waals surface area contributed by atoms with E-state index in [1.54, 1.807) is 0 Å². The fourth-order valence-electron chi connectivity index (χ4n) is 1.98. The van der Waals surface area contributed by atoms with E-state index in [0.717, 1.165) is 10.7 Å². The number of amides is 1. The van der Waals surface area contributed by atoms with Crippen LogP contribution in [0.1, 0.15) is 24.4 Å². The molecule has 1 aromatic heterocycles. The number of hydrogen-bond donors (Lipinski definition) is 2. The third-order valence-corrected chi connectivity index (χ3v) is 3.41. The Morgan fingerprint density at radius 1 is 1.39 bits per heavy atom. The average Bonchev–Trinajstić information content (AvgIpc) is 2.84. The number of hydrogen-bond acceptors (Lipinski definition) is 3. The fourth-order valence-corrected chi connectivity index (χ4v) is 2.15. The second-order valence-corrected chi connectivity index (χ2v) is 5.38. The number of aromatic nitrogens is 2. The summed E-state index contributed by atoms with van der Waals surface area (Å²) in [6.45, 7) is 2.82. The van der Waals surface area contributed by atoms with Crippen LogP contribution in [0, 0.1) is 6.92 Å². The van der Waals surface area contributed by atoms with Crippen molar-refractivity contribution < 1.29 is 23.1 Å². The molecule has 1 heterocycles. The highest BCUT2D eigenvalue weighted by Gasteiger charge is 2.35. The van der Waals surface area contributed by atoms with Crippen molar-refractivity contribution in [1.29, 1.82) is 0 Å². The molecule has 0 saturated carbocycles. The van der Waals surface area contributed by atoms with E-state index < -0.39 is 23.8 Å². The summed E-state index contributed by atoms with van der Waals surface area (Å²) in [5, 5.41) is 15.8. The Labute approximate surface area is 134 Å². The molecule has 2 aromatic rings. The van der Waals surface area contributed by atoms with E-state index in [0.29, 0.717) is 5.02 Å². The van der Waals surface area contributed by atoms with Gasteiger partial charge >= 0.3 is 6.18 Å². The van der Waals surface area contributed by atoms with Crippen LogP contribution in [0.15, 0.2) is 24.3 Å². The number of halogens is 4. The van der Waals surface area contributed by atoms with E-state index in [2.05, 4.69) is 10.4 Å². The molecule has 0 saturated heterocycles. The molecule has 0 spiro atoms. The molecule has 5 nitrogen and oxygen atoms in total. The first-order valence-electron chi connectivity index (χ1n) is 6.52. The molecule has 0 radical (unpaired) electrons. The van der Waals surface area contributed by atoms with Crippen molar-refractivity contribution in [3.63, 3.8) is 0 Å². The molecule has 0 aliphatic heterocycles. The van der Waals surface area contributed by atoms with Crippen LogP contribution in [0.5, 0.6) is 5.75 Å². The minimum absolute atomic E-state index is 0.0650. The number of aryl methyl sites for hydroxylation is 1. The Morgan fingerprint density at radius 3 is 2.61 bits per heavy atom. The molecule has 0 bridgehead atoms. The zero-order chi connectivity index (χ0) is 17.4. The van der Waals surface area contributed by atoms with Gasteiger partial charge in [0.05, 0.1) is 5.69 Å². The van der Waals surface area contributed by atoms with Crippen molar-refractivity contribution in [2.75, 3.05) is 5.32 Å². The summed E-state index contributed by atoms with van der Waals surface area (Å²) in [5.41, 5.74) is -0.814. The number of carbonyl (C=O) groups excluding carboxylic acids is 1. The topological polar surface area (TPSA) is 67.2 Å². The first-order valence-corrected chi connectivity index (χ1v) is 6.90. The zero-order valence-corrected chi connectivity index (χ0v) is 12.9. The minimum atomic E-state index is -4.59. The molecular weight excluding hydrogens is 335 g/mol. The molecule has 1 amide bonds. The van der Waals surface area contributed by atoms with E-state index in [4.69, 9.17) is 11.6 Å². The molecule has 0 aliphatic carbocycles. The normalized spacial score (nSPS) is 13.0. The summed E-state index contributed by atoms with van der Waals surface area (Å²) in [4.78, 5) is 12.2. The minimum Gasteiger partial charge on any atom is -0.506 e. The van der Waals surface area contributed by atoms with Crippen molar-refractivity contribution in [3.05, 3.63) is 40.7 Å². The van der Waals surface area contributed by atoms with E-state index in [1.165, 1.54) is 32.0 Å². The SMILES string of the molecule is Cc1cc(C(F)(F)F)nn1C(C)C(=O)Nc1cc(Cl)ccc1O. The van der Waals surface area contributed by atoms with Gasteiger partial charge in [0, 0.05) is 10.7 Å². The maximum atomic E-state index is 12.7. The van der Waals surface area contributed by atoms with Crippen LogP contribution in [0.4, 0.5) is 18.9 Å². The maximum Gasteiger partial charge on any atom is 0.435 e. The number of nitrogens with zero attached hydrogens (tertiary/aromatic N) is 2. The molecular formula is C14H13ClF3N3O2. The van der Waals surface area contributed by atoms with Gasteiger partial charge < -0.3 is 10.4 Å². The van der Waals surface area contributed by atoms with Crippen molar-refractivity contribution in [2.24, 2.45) is 0 Å². The van der Waals surface area contributed by atoms with E-state index in [-0.39, 0.29) is 17.1 Å². The average molecular weight is 348 g/mol. The standard InChI is InChI=1S/C14H13ClF3N3O2/c1-7-5-12(14(16,17)18)20-21(7)8(2)13(23)19-10-6-9(15)3-4-11(10)22/h3-6,8,22H,1-2H3,(H,19,23). The second kappa shape index (κ2) is 6.11. The van der Waals surface area contributed by atoms with Crippen molar-refractivity contribution in [3.8, 4) is 5.75 Å². The van der Waals surface area contributed by atoms with Crippen LogP contribution in [0.2, 0.25) is 5.02 Å². The van der Waals surface area contributed by atoms with E-state index >= 15 is 0 Å². The summed E-state index contributed by atoms with van der Waals surface area (Å²) in [5.74, 6) is -0.842. The second-order valence-electron chi connectivity index (χ2n) is 4.94. The first-order chi connectivity index (χ1) is 10.6. The summed E-state index contributed by atoms with van der Waals surface area (Å²) in [7, 11) is 0. The number of alkyl halides is 3. The smallest absolute Gasteiger partial charge is 0.435 e. The number of rotatable bonds is 3. The predicted octanol–water partition coefficient (Wildman–Crippen LogP) is 3.77. The highest BCUT2D eigenvalue weighted by Crippen LogP contribution is 2.30. The lowest BCUT2D eigenvalue weighted by Gasteiger charge is -2.15. The molecule has 23 heavy (non-hydrogen) atoms. The molecule has 2 rings (SSSR count). The van der Waals surface area contributed by atoms with Crippen LogP contribution < -0.4 is 5.32 Å². The van der Waals surface area contributed by atoms with E-state index in [1.807, 2.05) is 0 Å².